The molecule has 0 radical (unpaired) electrons. The van der Waals surface area contributed by atoms with Gasteiger partial charge in [-0.3, -0.25) is 0 Å². The van der Waals surface area contributed by atoms with E-state index in [1.165, 1.54) is 14.6 Å². The number of carboxylic acids is 1. The van der Waals surface area contributed by atoms with Crippen molar-refractivity contribution in [2.45, 2.75) is 30.6 Å². The molecule has 10 heteroatoms. The SMILES string of the molecule is CC(C)(C)OC(=O)N1CCN(S(=O)(=O)c2cc(C(=O)O)cs2)CC1. The van der Waals surface area contributed by atoms with E-state index in [0.717, 1.165) is 17.4 Å². The Morgan fingerprint density at radius 3 is 2.25 bits per heavy atom. The number of hydrogen-bond acceptors (Lipinski definition) is 6. The van der Waals surface area contributed by atoms with Crippen LogP contribution in [0, 0.1) is 0 Å². The highest BCUT2D eigenvalue weighted by Crippen LogP contribution is 2.25. The summed E-state index contributed by atoms with van der Waals surface area (Å²) in [5.74, 6) is -1.16. The van der Waals surface area contributed by atoms with Gasteiger partial charge in [0.15, 0.2) is 0 Å². The molecule has 0 saturated carbocycles. The van der Waals surface area contributed by atoms with Crippen molar-refractivity contribution >= 4 is 33.4 Å². The highest BCUT2D eigenvalue weighted by molar-refractivity contribution is 7.91. The largest absolute Gasteiger partial charge is 0.478 e. The molecule has 0 unspecified atom stereocenters. The quantitative estimate of drug-likeness (QED) is 0.861. The third-order valence-corrected chi connectivity index (χ3v) is 6.62. The van der Waals surface area contributed by atoms with E-state index < -0.39 is 27.7 Å². The maximum atomic E-state index is 12.5. The molecule has 8 nitrogen and oxygen atoms in total. The molecule has 0 aromatic carbocycles. The van der Waals surface area contributed by atoms with Crippen molar-refractivity contribution in [3.63, 3.8) is 0 Å². The zero-order valence-corrected chi connectivity index (χ0v) is 15.3. The Morgan fingerprint density at radius 2 is 1.79 bits per heavy atom. The number of aromatic carboxylic acids is 1. The van der Waals surface area contributed by atoms with Crippen molar-refractivity contribution in [3.8, 4) is 0 Å². The van der Waals surface area contributed by atoms with Gasteiger partial charge >= 0.3 is 12.1 Å². The summed E-state index contributed by atoms with van der Waals surface area (Å²) in [7, 11) is -3.75. The Balaban J connectivity index is 2.02. The standard InChI is InChI=1S/C14H20N2O6S2/c1-14(2,3)22-13(19)15-4-6-16(7-5-15)24(20,21)11-8-10(9-23-11)12(17)18/h8-9H,4-7H2,1-3H3,(H,17,18). The van der Waals surface area contributed by atoms with E-state index in [1.807, 2.05) is 0 Å². The Kier molecular flexibility index (Phi) is 5.21. The van der Waals surface area contributed by atoms with Crippen molar-refractivity contribution in [2.75, 3.05) is 26.2 Å². The maximum Gasteiger partial charge on any atom is 0.410 e. The number of carbonyl (C=O) groups excluding carboxylic acids is 1. The zero-order chi connectivity index (χ0) is 18.1. The first kappa shape index (κ1) is 18.7. The number of thiophene rings is 1. The average Bonchev–Trinajstić information content (AvgIpc) is 2.96. The average molecular weight is 376 g/mol. The monoisotopic (exact) mass is 376 g/mol. The van der Waals surface area contributed by atoms with E-state index in [4.69, 9.17) is 9.84 Å². The van der Waals surface area contributed by atoms with Crippen LogP contribution in [0.5, 0.6) is 0 Å². The van der Waals surface area contributed by atoms with Gasteiger partial charge in [0, 0.05) is 31.6 Å². The van der Waals surface area contributed by atoms with E-state index in [2.05, 4.69) is 0 Å². The van der Waals surface area contributed by atoms with Gasteiger partial charge in [-0.15, -0.1) is 11.3 Å². The van der Waals surface area contributed by atoms with Crippen LogP contribution in [0.4, 0.5) is 4.79 Å². The molecule has 1 saturated heterocycles. The lowest BCUT2D eigenvalue weighted by atomic mass is 10.2. The Hall–Kier alpha value is -1.65. The zero-order valence-electron chi connectivity index (χ0n) is 13.7. The molecule has 0 bridgehead atoms. The van der Waals surface area contributed by atoms with Gasteiger partial charge < -0.3 is 14.7 Å². The second kappa shape index (κ2) is 6.69. The first-order valence-electron chi connectivity index (χ1n) is 7.30. The molecule has 134 valence electrons. The summed E-state index contributed by atoms with van der Waals surface area (Å²) in [6.45, 7) is 6.04. The summed E-state index contributed by atoms with van der Waals surface area (Å²) in [5.41, 5.74) is -0.657. The molecule has 0 atom stereocenters. The van der Waals surface area contributed by atoms with Gasteiger partial charge in [0.25, 0.3) is 10.0 Å². The fraction of sp³-hybridized carbons (Fsp3) is 0.571. The van der Waals surface area contributed by atoms with Crippen molar-refractivity contribution in [2.24, 2.45) is 0 Å². The minimum Gasteiger partial charge on any atom is -0.478 e. The number of sulfonamides is 1. The van der Waals surface area contributed by atoms with E-state index in [1.54, 1.807) is 20.8 Å². The molecule has 0 spiro atoms. The van der Waals surface area contributed by atoms with Gasteiger partial charge in [0.1, 0.15) is 9.81 Å². The van der Waals surface area contributed by atoms with Crippen LogP contribution in [0.3, 0.4) is 0 Å². The molecule has 2 heterocycles. The van der Waals surface area contributed by atoms with Gasteiger partial charge in [-0.25, -0.2) is 18.0 Å². The molecule has 2 rings (SSSR count). The van der Waals surface area contributed by atoms with E-state index in [0.29, 0.717) is 0 Å². The van der Waals surface area contributed by atoms with Crippen LogP contribution < -0.4 is 0 Å². The third-order valence-electron chi connectivity index (χ3n) is 3.31. The number of piperazine rings is 1. The second-order valence-corrected chi connectivity index (χ2v) is 9.41. The number of amides is 1. The lowest BCUT2D eigenvalue weighted by Crippen LogP contribution is -2.51. The van der Waals surface area contributed by atoms with Crippen LogP contribution in [-0.2, 0) is 14.8 Å². The molecule has 24 heavy (non-hydrogen) atoms. The van der Waals surface area contributed by atoms with Gasteiger partial charge in [0.2, 0.25) is 0 Å². The smallest absolute Gasteiger partial charge is 0.410 e. The fourth-order valence-corrected chi connectivity index (χ4v) is 4.86. The number of ether oxygens (including phenoxy) is 1. The number of nitrogens with zero attached hydrogens (tertiary/aromatic N) is 2. The molecular weight excluding hydrogens is 356 g/mol. The first-order chi connectivity index (χ1) is 11.0. The molecule has 1 aromatic heterocycles. The van der Waals surface area contributed by atoms with E-state index >= 15 is 0 Å². The molecular formula is C14H20N2O6S2. The Labute approximate surface area is 144 Å². The summed E-state index contributed by atoms with van der Waals surface area (Å²) in [4.78, 5) is 24.3. The van der Waals surface area contributed by atoms with E-state index in [9.17, 15) is 18.0 Å². The minimum atomic E-state index is -3.75. The predicted octanol–water partition coefficient (Wildman–Crippen LogP) is 1.69. The molecule has 0 aliphatic carbocycles. The molecule has 1 amide bonds. The fourth-order valence-electron chi connectivity index (χ4n) is 2.13. The van der Waals surface area contributed by atoms with Gasteiger partial charge in [-0.1, -0.05) is 0 Å². The highest BCUT2D eigenvalue weighted by atomic mass is 32.2. The van der Waals surface area contributed by atoms with Gasteiger partial charge in [0.05, 0.1) is 5.56 Å². The van der Waals surface area contributed by atoms with Gasteiger partial charge in [-0.2, -0.15) is 4.31 Å². The van der Waals surface area contributed by atoms with Crippen LogP contribution in [-0.4, -0.2) is 66.6 Å². The Morgan fingerprint density at radius 1 is 1.21 bits per heavy atom. The summed E-state index contributed by atoms with van der Waals surface area (Å²) in [5, 5.41) is 10.2. The summed E-state index contributed by atoms with van der Waals surface area (Å²) in [6.07, 6.45) is -0.469. The number of carboxylic acid groups (broad SMARTS) is 1. The molecule has 1 fully saturated rings. The van der Waals surface area contributed by atoms with Gasteiger partial charge in [-0.05, 0) is 26.8 Å². The Bertz CT molecular complexity index is 727. The summed E-state index contributed by atoms with van der Waals surface area (Å²) >= 11 is 0.878. The van der Waals surface area contributed by atoms with Crippen LogP contribution in [0.2, 0.25) is 0 Å². The maximum absolute atomic E-state index is 12.5. The second-order valence-electron chi connectivity index (χ2n) is 6.33. The van der Waals surface area contributed by atoms with Crippen LogP contribution in [0.1, 0.15) is 31.1 Å². The lowest BCUT2D eigenvalue weighted by molar-refractivity contribution is 0.0192. The van der Waals surface area contributed by atoms with Crippen molar-refractivity contribution in [1.29, 1.82) is 0 Å². The van der Waals surface area contributed by atoms with E-state index in [-0.39, 0.29) is 36.0 Å². The predicted molar refractivity (Wildman–Crippen MR) is 87.8 cm³/mol. The topological polar surface area (TPSA) is 104 Å². The highest BCUT2D eigenvalue weighted by Gasteiger charge is 2.33. The van der Waals surface area contributed by atoms with Crippen LogP contribution in [0.25, 0.3) is 0 Å². The third kappa shape index (κ3) is 4.25. The number of hydrogen-bond donors (Lipinski definition) is 1. The van der Waals surface area contributed by atoms with Crippen molar-refractivity contribution < 1.29 is 27.9 Å². The molecule has 1 aromatic rings. The van der Waals surface area contributed by atoms with Crippen LogP contribution >= 0.6 is 11.3 Å². The number of rotatable bonds is 3. The molecule has 1 aliphatic rings. The first-order valence-corrected chi connectivity index (χ1v) is 9.62. The van der Waals surface area contributed by atoms with Crippen molar-refractivity contribution in [3.05, 3.63) is 17.0 Å². The normalized spacial score (nSPS) is 16.9. The molecule has 1 aliphatic heterocycles. The van der Waals surface area contributed by atoms with Crippen LogP contribution in [0.15, 0.2) is 15.7 Å². The summed E-state index contributed by atoms with van der Waals surface area (Å²) < 4.78 is 31.6. The minimum absolute atomic E-state index is 0.00869. The number of carbonyl (C=O) groups is 2. The summed E-state index contributed by atoms with van der Waals surface area (Å²) in [6, 6.07) is 1.16. The van der Waals surface area contributed by atoms with Crippen molar-refractivity contribution in [1.82, 2.24) is 9.21 Å². The molecule has 1 N–H and O–H groups in total. The lowest BCUT2D eigenvalue weighted by Gasteiger charge is -2.34.